The first-order valence-electron chi connectivity index (χ1n) is 8.18. The highest BCUT2D eigenvalue weighted by atomic mass is 16.5. The molecule has 2 N–H and O–H groups in total. The van der Waals surface area contributed by atoms with E-state index in [1.165, 1.54) is 0 Å². The fourth-order valence-corrected chi connectivity index (χ4v) is 2.83. The summed E-state index contributed by atoms with van der Waals surface area (Å²) in [5, 5.41) is 19.0. The summed E-state index contributed by atoms with van der Waals surface area (Å²) in [6.07, 6.45) is 4.29. The number of hydrogen-bond acceptors (Lipinski definition) is 3. The molecular formula is C22H24O3. The lowest BCUT2D eigenvalue weighted by atomic mass is 9.79. The van der Waals surface area contributed by atoms with Crippen molar-refractivity contribution in [2.45, 2.75) is 11.7 Å². The SMILES string of the molecule is C=C/C=C(\C=C)C(OCC(O)CO)(c1ccccc1)c1ccccc1. The maximum absolute atomic E-state index is 9.86. The van der Waals surface area contributed by atoms with Gasteiger partial charge in [0.05, 0.1) is 13.2 Å². The second-order valence-electron chi connectivity index (χ2n) is 5.62. The smallest absolute Gasteiger partial charge is 0.143 e. The van der Waals surface area contributed by atoms with Gasteiger partial charge in [0.1, 0.15) is 11.7 Å². The molecule has 0 aliphatic rings. The normalized spacial score (nSPS) is 13.3. The number of rotatable bonds is 9. The average molecular weight is 336 g/mol. The third kappa shape index (κ3) is 4.15. The van der Waals surface area contributed by atoms with Gasteiger partial charge in [0.15, 0.2) is 0 Å². The van der Waals surface area contributed by atoms with E-state index in [0.717, 1.165) is 16.7 Å². The van der Waals surface area contributed by atoms with Gasteiger partial charge in [0, 0.05) is 0 Å². The molecule has 0 spiro atoms. The Kier molecular flexibility index (Phi) is 6.90. The van der Waals surface area contributed by atoms with E-state index in [1.54, 1.807) is 12.2 Å². The van der Waals surface area contributed by atoms with E-state index in [0.29, 0.717) is 0 Å². The summed E-state index contributed by atoms with van der Waals surface area (Å²) in [6.45, 7) is 7.34. The Morgan fingerprint density at radius 3 is 1.92 bits per heavy atom. The molecule has 0 saturated carbocycles. The molecule has 0 aromatic heterocycles. The molecule has 0 fully saturated rings. The molecule has 0 radical (unpaired) electrons. The van der Waals surface area contributed by atoms with Crippen molar-refractivity contribution in [3.8, 4) is 0 Å². The van der Waals surface area contributed by atoms with Crippen molar-refractivity contribution in [1.82, 2.24) is 0 Å². The maximum Gasteiger partial charge on any atom is 0.143 e. The lowest BCUT2D eigenvalue weighted by Crippen LogP contribution is -2.36. The van der Waals surface area contributed by atoms with Crippen LogP contribution in [0.3, 0.4) is 0 Å². The van der Waals surface area contributed by atoms with Crippen LogP contribution in [0.25, 0.3) is 0 Å². The number of aliphatic hydroxyl groups excluding tert-OH is 2. The predicted octanol–water partition coefficient (Wildman–Crippen LogP) is 3.60. The Hall–Kier alpha value is -2.46. The monoisotopic (exact) mass is 336 g/mol. The molecule has 0 aliphatic carbocycles. The van der Waals surface area contributed by atoms with E-state index in [-0.39, 0.29) is 13.2 Å². The Labute approximate surface area is 149 Å². The summed E-state index contributed by atoms with van der Waals surface area (Å²) in [5.41, 5.74) is 1.64. The van der Waals surface area contributed by atoms with Gasteiger partial charge in [-0.05, 0) is 16.7 Å². The first-order chi connectivity index (χ1) is 12.2. The van der Waals surface area contributed by atoms with Gasteiger partial charge in [-0.2, -0.15) is 0 Å². The Bertz CT molecular complexity index is 665. The number of ether oxygens (including phenoxy) is 1. The van der Waals surface area contributed by atoms with Crippen LogP contribution in [0.1, 0.15) is 11.1 Å². The maximum atomic E-state index is 9.86. The molecule has 0 bridgehead atoms. The van der Waals surface area contributed by atoms with Gasteiger partial charge in [-0.3, -0.25) is 0 Å². The largest absolute Gasteiger partial charge is 0.394 e. The van der Waals surface area contributed by atoms with Crippen molar-refractivity contribution >= 4 is 0 Å². The molecule has 0 amide bonds. The van der Waals surface area contributed by atoms with E-state index in [2.05, 4.69) is 13.2 Å². The molecule has 3 nitrogen and oxygen atoms in total. The van der Waals surface area contributed by atoms with Crippen molar-refractivity contribution in [3.63, 3.8) is 0 Å². The lowest BCUT2D eigenvalue weighted by molar-refractivity contribution is -0.0527. The number of aliphatic hydroxyl groups is 2. The summed E-state index contributed by atoms with van der Waals surface area (Å²) in [7, 11) is 0. The van der Waals surface area contributed by atoms with Crippen LogP contribution in [-0.4, -0.2) is 29.5 Å². The van der Waals surface area contributed by atoms with E-state index in [4.69, 9.17) is 4.74 Å². The topological polar surface area (TPSA) is 49.7 Å². The zero-order chi connectivity index (χ0) is 18.1. The van der Waals surface area contributed by atoms with Crippen LogP contribution in [0.4, 0.5) is 0 Å². The van der Waals surface area contributed by atoms with Crippen molar-refractivity contribution in [3.05, 3.63) is 109 Å². The highest BCUT2D eigenvalue weighted by molar-refractivity contribution is 5.50. The van der Waals surface area contributed by atoms with Crippen molar-refractivity contribution < 1.29 is 14.9 Å². The third-order valence-corrected chi connectivity index (χ3v) is 3.99. The third-order valence-electron chi connectivity index (χ3n) is 3.99. The standard InChI is InChI=1S/C22H24O3/c1-3-11-18(4-2)22(25-17-21(24)16-23,19-12-7-5-8-13-19)20-14-9-6-10-15-20/h3-15,21,23-24H,1-2,16-17H2/b18-11+. The molecule has 0 aliphatic heterocycles. The van der Waals surface area contributed by atoms with Gasteiger partial charge in [-0.1, -0.05) is 92.0 Å². The van der Waals surface area contributed by atoms with Gasteiger partial charge in [-0.15, -0.1) is 0 Å². The molecule has 0 saturated heterocycles. The van der Waals surface area contributed by atoms with Gasteiger partial charge in [-0.25, -0.2) is 0 Å². The van der Waals surface area contributed by atoms with Crippen LogP contribution in [-0.2, 0) is 10.3 Å². The number of benzene rings is 2. The Balaban J connectivity index is 2.70. The molecule has 3 heteroatoms. The average Bonchev–Trinajstić information content (AvgIpc) is 2.68. The molecule has 130 valence electrons. The molecule has 2 aromatic rings. The zero-order valence-corrected chi connectivity index (χ0v) is 14.2. The van der Waals surface area contributed by atoms with Gasteiger partial charge in [0.25, 0.3) is 0 Å². The number of hydrogen-bond donors (Lipinski definition) is 2. The first-order valence-corrected chi connectivity index (χ1v) is 8.18. The summed E-state index contributed by atoms with van der Waals surface area (Å²) in [5.74, 6) is 0. The van der Waals surface area contributed by atoms with E-state index < -0.39 is 11.7 Å². The summed E-state index contributed by atoms with van der Waals surface area (Å²) < 4.78 is 6.26. The van der Waals surface area contributed by atoms with Gasteiger partial charge in [0.2, 0.25) is 0 Å². The summed E-state index contributed by atoms with van der Waals surface area (Å²) in [6, 6.07) is 19.5. The minimum absolute atomic E-state index is 0.0252. The van der Waals surface area contributed by atoms with Crippen molar-refractivity contribution in [2.24, 2.45) is 0 Å². The first kappa shape index (κ1) is 18.9. The van der Waals surface area contributed by atoms with Crippen LogP contribution in [0, 0.1) is 0 Å². The van der Waals surface area contributed by atoms with Crippen LogP contribution < -0.4 is 0 Å². The molecule has 25 heavy (non-hydrogen) atoms. The fraction of sp³-hybridized carbons (Fsp3) is 0.182. The Morgan fingerprint density at radius 2 is 1.52 bits per heavy atom. The summed E-state index contributed by atoms with van der Waals surface area (Å²) in [4.78, 5) is 0. The van der Waals surface area contributed by atoms with E-state index in [9.17, 15) is 10.2 Å². The molecule has 2 rings (SSSR count). The fourth-order valence-electron chi connectivity index (χ4n) is 2.83. The highest BCUT2D eigenvalue weighted by Gasteiger charge is 2.38. The summed E-state index contributed by atoms with van der Waals surface area (Å²) >= 11 is 0. The lowest BCUT2D eigenvalue weighted by Gasteiger charge is -2.37. The molecule has 2 aromatic carbocycles. The predicted molar refractivity (Wildman–Crippen MR) is 101 cm³/mol. The molecular weight excluding hydrogens is 312 g/mol. The molecule has 1 unspecified atom stereocenters. The molecule has 1 atom stereocenters. The van der Waals surface area contributed by atoms with E-state index in [1.807, 2.05) is 66.7 Å². The Morgan fingerprint density at radius 1 is 1.00 bits per heavy atom. The van der Waals surface area contributed by atoms with Crippen LogP contribution in [0.5, 0.6) is 0 Å². The minimum atomic E-state index is -0.971. The zero-order valence-electron chi connectivity index (χ0n) is 14.2. The highest BCUT2D eigenvalue weighted by Crippen LogP contribution is 2.41. The minimum Gasteiger partial charge on any atom is -0.394 e. The van der Waals surface area contributed by atoms with Crippen LogP contribution in [0.15, 0.2) is 97.6 Å². The van der Waals surface area contributed by atoms with Crippen molar-refractivity contribution in [1.29, 1.82) is 0 Å². The van der Waals surface area contributed by atoms with Gasteiger partial charge < -0.3 is 14.9 Å². The van der Waals surface area contributed by atoms with Crippen LogP contribution >= 0.6 is 0 Å². The number of allylic oxidation sites excluding steroid dienone is 2. The van der Waals surface area contributed by atoms with E-state index >= 15 is 0 Å². The molecule has 0 heterocycles. The van der Waals surface area contributed by atoms with Crippen LogP contribution in [0.2, 0.25) is 0 Å². The quantitative estimate of drug-likeness (QED) is 0.688. The second-order valence-corrected chi connectivity index (χ2v) is 5.62. The van der Waals surface area contributed by atoms with Crippen molar-refractivity contribution in [2.75, 3.05) is 13.2 Å². The second kappa shape index (κ2) is 9.14. The van der Waals surface area contributed by atoms with Gasteiger partial charge >= 0.3 is 0 Å².